The molecule has 0 bridgehead atoms. The lowest BCUT2D eigenvalue weighted by Gasteiger charge is -2.34. The molecule has 1 atom stereocenters. The van der Waals surface area contributed by atoms with Crippen molar-refractivity contribution in [1.29, 1.82) is 5.41 Å². The molecule has 0 aliphatic carbocycles. The Kier molecular flexibility index (Phi) is 7.75. The second-order valence-corrected chi connectivity index (χ2v) is 8.02. The van der Waals surface area contributed by atoms with Gasteiger partial charge in [0.2, 0.25) is 5.91 Å². The smallest absolute Gasteiger partial charge is 0.223 e. The molecule has 0 radical (unpaired) electrons. The van der Waals surface area contributed by atoms with Crippen molar-refractivity contribution in [3.63, 3.8) is 0 Å². The van der Waals surface area contributed by atoms with E-state index in [1.54, 1.807) is 0 Å². The lowest BCUT2D eigenvalue weighted by molar-refractivity contribution is -0.129. The summed E-state index contributed by atoms with van der Waals surface area (Å²) in [5.41, 5.74) is 5.31. The predicted octanol–water partition coefficient (Wildman–Crippen LogP) is 2.46. The van der Waals surface area contributed by atoms with Gasteiger partial charge in [-0.25, -0.2) is 0 Å². The van der Waals surface area contributed by atoms with Crippen molar-refractivity contribution in [2.75, 3.05) is 13.1 Å². The molecule has 5 nitrogen and oxygen atoms in total. The van der Waals surface area contributed by atoms with Gasteiger partial charge in [0, 0.05) is 19.0 Å². The van der Waals surface area contributed by atoms with E-state index >= 15 is 0 Å². The summed E-state index contributed by atoms with van der Waals surface area (Å²) in [5.74, 6) is 0.168. The molecule has 0 heterocycles. The largest absolute Gasteiger partial charge is 0.370 e. The number of amides is 1. The fourth-order valence-corrected chi connectivity index (χ4v) is 2.21. The molecule has 0 aliphatic heterocycles. The van der Waals surface area contributed by atoms with Crippen molar-refractivity contribution in [2.45, 2.75) is 60.8 Å². The third-order valence-corrected chi connectivity index (χ3v) is 3.40. The molecule has 0 rings (SSSR count). The number of carbonyl (C=O) groups is 1. The van der Waals surface area contributed by atoms with Crippen molar-refractivity contribution < 1.29 is 4.79 Å². The van der Waals surface area contributed by atoms with E-state index in [0.29, 0.717) is 13.1 Å². The molecule has 0 spiro atoms. The number of unbranched alkanes of at least 4 members (excludes halogenated alkanes) is 1. The fourth-order valence-electron chi connectivity index (χ4n) is 2.21. The average molecular weight is 298 g/mol. The summed E-state index contributed by atoms with van der Waals surface area (Å²) < 4.78 is 0. The molecule has 5 heteroatoms. The molecule has 0 aromatic rings. The quantitative estimate of drug-likeness (QED) is 0.330. The van der Waals surface area contributed by atoms with E-state index in [9.17, 15) is 4.79 Å². The number of hydrogen-bond acceptors (Lipinski definition) is 2. The molecule has 0 saturated heterocycles. The van der Waals surface area contributed by atoms with E-state index in [0.717, 1.165) is 19.3 Å². The Morgan fingerprint density at radius 1 is 1.05 bits per heavy atom. The van der Waals surface area contributed by atoms with Crippen LogP contribution in [0.25, 0.3) is 0 Å². The summed E-state index contributed by atoms with van der Waals surface area (Å²) in [5, 5.41) is 12.9. The van der Waals surface area contributed by atoms with E-state index in [4.69, 9.17) is 11.1 Å². The van der Waals surface area contributed by atoms with E-state index in [2.05, 4.69) is 52.2 Å². The molecule has 124 valence electrons. The Labute approximate surface area is 129 Å². The normalized spacial score (nSPS) is 13.6. The van der Waals surface area contributed by atoms with Crippen molar-refractivity contribution in [1.82, 2.24) is 10.6 Å². The van der Waals surface area contributed by atoms with Crippen molar-refractivity contribution in [2.24, 2.45) is 22.5 Å². The van der Waals surface area contributed by atoms with E-state index in [-0.39, 0.29) is 28.6 Å². The molecule has 1 unspecified atom stereocenters. The minimum Gasteiger partial charge on any atom is -0.370 e. The summed E-state index contributed by atoms with van der Waals surface area (Å²) in [7, 11) is 0. The van der Waals surface area contributed by atoms with E-state index in [1.165, 1.54) is 0 Å². The maximum atomic E-state index is 12.4. The van der Waals surface area contributed by atoms with Crippen LogP contribution in [0, 0.1) is 22.2 Å². The van der Waals surface area contributed by atoms with Crippen LogP contribution in [0.2, 0.25) is 0 Å². The Balaban J connectivity index is 4.22. The molecule has 0 fully saturated rings. The lowest BCUT2D eigenvalue weighted by Crippen LogP contribution is -2.40. The number of nitrogens with one attached hydrogen (secondary N) is 3. The second kappa shape index (κ2) is 8.25. The van der Waals surface area contributed by atoms with Gasteiger partial charge in [0.15, 0.2) is 5.96 Å². The molecule has 1 amide bonds. The molecule has 0 aromatic heterocycles. The third-order valence-electron chi connectivity index (χ3n) is 3.40. The minimum absolute atomic E-state index is 0.00277. The van der Waals surface area contributed by atoms with Gasteiger partial charge in [0.05, 0.1) is 0 Å². The zero-order valence-electron chi connectivity index (χ0n) is 14.6. The van der Waals surface area contributed by atoms with Crippen LogP contribution in [0.15, 0.2) is 0 Å². The topological polar surface area (TPSA) is 91.0 Å². The highest BCUT2D eigenvalue weighted by Crippen LogP contribution is 2.36. The van der Waals surface area contributed by atoms with Gasteiger partial charge in [0.25, 0.3) is 0 Å². The first-order valence-electron chi connectivity index (χ1n) is 7.79. The Morgan fingerprint density at radius 2 is 1.52 bits per heavy atom. The maximum absolute atomic E-state index is 12.4. The van der Waals surface area contributed by atoms with Gasteiger partial charge in [-0.3, -0.25) is 10.2 Å². The second-order valence-electron chi connectivity index (χ2n) is 8.02. The van der Waals surface area contributed by atoms with Crippen LogP contribution in [0.5, 0.6) is 0 Å². The first kappa shape index (κ1) is 19.7. The van der Waals surface area contributed by atoms with Crippen molar-refractivity contribution in [3.05, 3.63) is 0 Å². The zero-order chi connectivity index (χ0) is 16.7. The predicted molar refractivity (Wildman–Crippen MR) is 89.2 cm³/mol. The van der Waals surface area contributed by atoms with Gasteiger partial charge in [-0.05, 0) is 30.1 Å². The van der Waals surface area contributed by atoms with Crippen LogP contribution in [0.4, 0.5) is 0 Å². The van der Waals surface area contributed by atoms with Gasteiger partial charge in [-0.2, -0.15) is 0 Å². The standard InChI is InChI=1S/C16H34N4O/c1-15(2,3)11-12(16(4,5)6)13(21)19-9-7-8-10-20-14(17)18/h12H,7-11H2,1-6H3,(H,19,21)(H4,17,18,20). The summed E-state index contributed by atoms with van der Waals surface area (Å²) in [6, 6.07) is 0. The van der Waals surface area contributed by atoms with Crippen molar-refractivity contribution in [3.8, 4) is 0 Å². The molecular formula is C16H34N4O. The number of nitrogens with two attached hydrogens (primary N) is 1. The van der Waals surface area contributed by atoms with Crippen molar-refractivity contribution >= 4 is 11.9 Å². The van der Waals surface area contributed by atoms with E-state index < -0.39 is 0 Å². The van der Waals surface area contributed by atoms with Crippen LogP contribution in [0.3, 0.4) is 0 Å². The fraction of sp³-hybridized carbons (Fsp3) is 0.875. The average Bonchev–Trinajstić information content (AvgIpc) is 2.27. The Bertz CT molecular complexity index is 339. The van der Waals surface area contributed by atoms with E-state index in [1.807, 2.05) is 0 Å². The molecule has 0 aromatic carbocycles. The maximum Gasteiger partial charge on any atom is 0.223 e. The first-order valence-corrected chi connectivity index (χ1v) is 7.79. The van der Waals surface area contributed by atoms with Crippen LogP contribution < -0.4 is 16.4 Å². The monoisotopic (exact) mass is 298 g/mol. The molecule has 21 heavy (non-hydrogen) atoms. The van der Waals surface area contributed by atoms with Gasteiger partial charge >= 0.3 is 0 Å². The highest BCUT2D eigenvalue weighted by molar-refractivity contribution is 5.79. The number of carbonyl (C=O) groups excluding carboxylic acids is 1. The zero-order valence-corrected chi connectivity index (χ0v) is 14.6. The number of guanidine groups is 1. The Morgan fingerprint density at radius 3 is 1.90 bits per heavy atom. The summed E-state index contributed by atoms with van der Waals surface area (Å²) >= 11 is 0. The highest BCUT2D eigenvalue weighted by atomic mass is 16.1. The lowest BCUT2D eigenvalue weighted by atomic mass is 9.71. The number of hydrogen-bond donors (Lipinski definition) is 4. The molecular weight excluding hydrogens is 264 g/mol. The van der Waals surface area contributed by atoms with Gasteiger partial charge in [0.1, 0.15) is 0 Å². The van der Waals surface area contributed by atoms with Crippen LogP contribution >= 0.6 is 0 Å². The molecule has 0 saturated carbocycles. The van der Waals surface area contributed by atoms with Gasteiger partial charge < -0.3 is 16.4 Å². The minimum atomic E-state index is -0.0342. The summed E-state index contributed by atoms with van der Waals surface area (Å²) in [6.07, 6.45) is 2.66. The summed E-state index contributed by atoms with van der Waals surface area (Å²) in [6.45, 7) is 14.2. The SMILES string of the molecule is CC(C)(C)CC(C(=O)NCCCCNC(=N)N)C(C)(C)C. The highest BCUT2D eigenvalue weighted by Gasteiger charge is 2.34. The van der Waals surface area contributed by atoms with Crippen LogP contribution in [-0.4, -0.2) is 25.0 Å². The van der Waals surface area contributed by atoms with Crippen LogP contribution in [0.1, 0.15) is 60.8 Å². The molecule has 0 aliphatic rings. The van der Waals surface area contributed by atoms with Crippen LogP contribution in [-0.2, 0) is 4.79 Å². The first-order chi connectivity index (χ1) is 9.43. The van der Waals surface area contributed by atoms with Gasteiger partial charge in [-0.1, -0.05) is 41.5 Å². The third kappa shape index (κ3) is 10.2. The summed E-state index contributed by atoms with van der Waals surface area (Å²) in [4.78, 5) is 12.4. The Hall–Kier alpha value is -1.26. The number of rotatable bonds is 7. The van der Waals surface area contributed by atoms with Gasteiger partial charge in [-0.15, -0.1) is 0 Å². The molecule has 5 N–H and O–H groups in total.